The predicted octanol–water partition coefficient (Wildman–Crippen LogP) is 1.71. The van der Waals surface area contributed by atoms with Crippen LogP contribution < -0.4 is 10.1 Å². The Balaban J connectivity index is 1.86. The van der Waals surface area contributed by atoms with Gasteiger partial charge in [-0.25, -0.2) is 4.79 Å². The zero-order chi connectivity index (χ0) is 12.3. The van der Waals surface area contributed by atoms with E-state index in [-0.39, 0.29) is 6.03 Å². The first kappa shape index (κ1) is 11.8. The third-order valence-electron chi connectivity index (χ3n) is 3.12. The van der Waals surface area contributed by atoms with Crippen molar-refractivity contribution in [3.05, 3.63) is 29.3 Å². The summed E-state index contributed by atoms with van der Waals surface area (Å²) in [4.78, 5) is 13.1. The number of amides is 2. The average Bonchev–Trinajstić information content (AvgIpc) is 2.71. The molecule has 1 saturated heterocycles. The Morgan fingerprint density at radius 1 is 1.41 bits per heavy atom. The van der Waals surface area contributed by atoms with Gasteiger partial charge in [-0.2, -0.15) is 0 Å². The van der Waals surface area contributed by atoms with Crippen molar-refractivity contribution in [1.82, 2.24) is 10.2 Å². The summed E-state index contributed by atoms with van der Waals surface area (Å²) in [5, 5.41) is 2.77. The maximum atomic E-state index is 11.3. The predicted molar refractivity (Wildman–Crippen MR) is 66.4 cm³/mol. The zero-order valence-electron chi connectivity index (χ0n) is 10.3. The first-order valence-electron chi connectivity index (χ1n) is 5.90. The normalized spacial score (nSPS) is 14.9. The van der Waals surface area contributed by atoms with Crippen LogP contribution in [0.3, 0.4) is 0 Å². The maximum absolute atomic E-state index is 11.3. The summed E-state index contributed by atoms with van der Waals surface area (Å²) in [6, 6.07) is 6.03. The molecule has 0 spiro atoms. The summed E-state index contributed by atoms with van der Waals surface area (Å²) < 4.78 is 5.71. The molecule has 1 heterocycles. The highest BCUT2D eigenvalue weighted by Gasteiger charge is 2.18. The van der Waals surface area contributed by atoms with Crippen molar-refractivity contribution in [2.24, 2.45) is 0 Å². The summed E-state index contributed by atoms with van der Waals surface area (Å²) in [5.41, 5.74) is 2.39. The maximum Gasteiger partial charge on any atom is 0.317 e. The number of benzene rings is 1. The molecule has 4 nitrogen and oxygen atoms in total. The fourth-order valence-corrected chi connectivity index (χ4v) is 1.87. The Labute approximate surface area is 102 Å². The van der Waals surface area contributed by atoms with Crippen LogP contribution in [0.4, 0.5) is 4.79 Å². The second kappa shape index (κ2) is 5.08. The summed E-state index contributed by atoms with van der Waals surface area (Å²) in [7, 11) is 0. The lowest BCUT2D eigenvalue weighted by Crippen LogP contribution is -2.31. The van der Waals surface area contributed by atoms with Gasteiger partial charge in [-0.3, -0.25) is 0 Å². The quantitative estimate of drug-likeness (QED) is 0.861. The largest absolute Gasteiger partial charge is 0.491 e. The van der Waals surface area contributed by atoms with E-state index in [1.54, 1.807) is 4.90 Å². The van der Waals surface area contributed by atoms with Crippen LogP contribution in [0.1, 0.15) is 11.1 Å². The van der Waals surface area contributed by atoms with Crippen molar-refractivity contribution in [2.45, 2.75) is 13.8 Å². The van der Waals surface area contributed by atoms with E-state index in [0.717, 1.165) is 18.8 Å². The number of urea groups is 1. The lowest BCUT2D eigenvalue weighted by Gasteiger charge is -2.16. The van der Waals surface area contributed by atoms with Gasteiger partial charge < -0.3 is 15.0 Å². The lowest BCUT2D eigenvalue weighted by atomic mass is 10.1. The molecule has 1 aliphatic heterocycles. The highest BCUT2D eigenvalue weighted by molar-refractivity contribution is 5.76. The van der Waals surface area contributed by atoms with Gasteiger partial charge >= 0.3 is 6.03 Å². The Morgan fingerprint density at radius 2 is 2.24 bits per heavy atom. The number of carbonyl (C=O) groups is 1. The van der Waals surface area contributed by atoms with Crippen LogP contribution in [0, 0.1) is 13.8 Å². The molecule has 4 heteroatoms. The number of hydrogen-bond donors (Lipinski definition) is 1. The molecule has 17 heavy (non-hydrogen) atoms. The van der Waals surface area contributed by atoms with Gasteiger partial charge in [-0.1, -0.05) is 12.1 Å². The highest BCUT2D eigenvalue weighted by Crippen LogP contribution is 2.20. The van der Waals surface area contributed by atoms with E-state index < -0.39 is 0 Å². The first-order valence-corrected chi connectivity index (χ1v) is 5.90. The topological polar surface area (TPSA) is 41.6 Å². The van der Waals surface area contributed by atoms with Gasteiger partial charge in [0.15, 0.2) is 0 Å². The number of hydrogen-bond acceptors (Lipinski definition) is 2. The minimum absolute atomic E-state index is 0.00886. The minimum atomic E-state index is 0.00886. The smallest absolute Gasteiger partial charge is 0.317 e. The molecule has 2 amide bonds. The molecule has 0 radical (unpaired) electrons. The molecule has 0 atom stereocenters. The standard InChI is InChI=1S/C13H18N2O2/c1-10-4-3-5-12(11(10)2)17-9-8-15-7-6-14-13(15)16/h3-5H,6-9H2,1-2H3,(H,14,16). The average molecular weight is 234 g/mol. The lowest BCUT2D eigenvalue weighted by molar-refractivity contribution is 0.202. The van der Waals surface area contributed by atoms with Gasteiger partial charge in [-0.15, -0.1) is 0 Å². The fraction of sp³-hybridized carbons (Fsp3) is 0.462. The fourth-order valence-electron chi connectivity index (χ4n) is 1.87. The van der Waals surface area contributed by atoms with Crippen molar-refractivity contribution in [2.75, 3.05) is 26.2 Å². The number of carbonyl (C=O) groups excluding carboxylic acids is 1. The molecule has 2 rings (SSSR count). The molecule has 0 bridgehead atoms. The molecule has 1 aliphatic rings. The van der Waals surface area contributed by atoms with Crippen LogP contribution in [-0.4, -0.2) is 37.2 Å². The second-order valence-electron chi connectivity index (χ2n) is 4.27. The third-order valence-corrected chi connectivity index (χ3v) is 3.12. The number of ether oxygens (including phenoxy) is 1. The SMILES string of the molecule is Cc1cccc(OCCN2CCNC2=O)c1C. The molecule has 1 fully saturated rings. The van der Waals surface area contributed by atoms with Crippen LogP contribution in [0.2, 0.25) is 0 Å². The number of rotatable bonds is 4. The molecule has 92 valence electrons. The van der Waals surface area contributed by atoms with E-state index in [1.807, 2.05) is 19.1 Å². The molecular formula is C13H18N2O2. The molecule has 0 aromatic heterocycles. The van der Waals surface area contributed by atoms with Gasteiger partial charge in [0.25, 0.3) is 0 Å². The van der Waals surface area contributed by atoms with E-state index in [1.165, 1.54) is 11.1 Å². The van der Waals surface area contributed by atoms with E-state index in [0.29, 0.717) is 13.2 Å². The van der Waals surface area contributed by atoms with Crippen LogP contribution in [-0.2, 0) is 0 Å². The van der Waals surface area contributed by atoms with Gasteiger partial charge in [0.2, 0.25) is 0 Å². The Bertz CT molecular complexity index is 418. The van der Waals surface area contributed by atoms with E-state index >= 15 is 0 Å². The van der Waals surface area contributed by atoms with Crippen molar-refractivity contribution < 1.29 is 9.53 Å². The van der Waals surface area contributed by atoms with Crippen molar-refractivity contribution in [3.8, 4) is 5.75 Å². The van der Waals surface area contributed by atoms with Gasteiger partial charge in [0.1, 0.15) is 12.4 Å². The highest BCUT2D eigenvalue weighted by atomic mass is 16.5. The van der Waals surface area contributed by atoms with Crippen LogP contribution >= 0.6 is 0 Å². The van der Waals surface area contributed by atoms with Crippen LogP contribution in [0.5, 0.6) is 5.75 Å². The third kappa shape index (κ3) is 2.70. The van der Waals surface area contributed by atoms with E-state index in [2.05, 4.69) is 18.3 Å². The first-order chi connectivity index (χ1) is 8.18. The number of aryl methyl sites for hydroxylation is 1. The zero-order valence-corrected chi connectivity index (χ0v) is 10.3. The molecular weight excluding hydrogens is 216 g/mol. The summed E-state index contributed by atoms with van der Waals surface area (Å²) in [6.07, 6.45) is 0. The van der Waals surface area contributed by atoms with Gasteiger partial charge in [0.05, 0.1) is 6.54 Å². The Morgan fingerprint density at radius 3 is 2.94 bits per heavy atom. The van der Waals surface area contributed by atoms with E-state index in [4.69, 9.17) is 4.74 Å². The summed E-state index contributed by atoms with van der Waals surface area (Å²) >= 11 is 0. The Kier molecular flexibility index (Phi) is 3.52. The Hall–Kier alpha value is -1.71. The monoisotopic (exact) mass is 234 g/mol. The summed E-state index contributed by atoms with van der Waals surface area (Å²) in [6.45, 7) is 6.80. The molecule has 1 aromatic rings. The van der Waals surface area contributed by atoms with Crippen molar-refractivity contribution in [1.29, 1.82) is 0 Å². The van der Waals surface area contributed by atoms with Crippen LogP contribution in [0.15, 0.2) is 18.2 Å². The number of nitrogens with one attached hydrogen (secondary N) is 1. The number of nitrogens with zero attached hydrogens (tertiary/aromatic N) is 1. The summed E-state index contributed by atoms with van der Waals surface area (Å²) in [5.74, 6) is 0.907. The molecule has 0 aliphatic carbocycles. The molecule has 0 saturated carbocycles. The minimum Gasteiger partial charge on any atom is -0.491 e. The van der Waals surface area contributed by atoms with Crippen molar-refractivity contribution in [3.63, 3.8) is 0 Å². The molecule has 1 N–H and O–H groups in total. The van der Waals surface area contributed by atoms with Gasteiger partial charge in [-0.05, 0) is 31.0 Å². The van der Waals surface area contributed by atoms with E-state index in [9.17, 15) is 4.79 Å². The molecule has 1 aromatic carbocycles. The van der Waals surface area contributed by atoms with Gasteiger partial charge in [0, 0.05) is 13.1 Å². The second-order valence-corrected chi connectivity index (χ2v) is 4.27. The van der Waals surface area contributed by atoms with Crippen LogP contribution in [0.25, 0.3) is 0 Å². The van der Waals surface area contributed by atoms with Crippen molar-refractivity contribution >= 4 is 6.03 Å². The molecule has 0 unspecified atom stereocenters.